The predicted octanol–water partition coefficient (Wildman–Crippen LogP) is 4.33. The van der Waals surface area contributed by atoms with Gasteiger partial charge in [-0.2, -0.15) is 0 Å². The first-order valence-electron chi connectivity index (χ1n) is 10.1. The zero-order chi connectivity index (χ0) is 22.3. The molecule has 3 N–H and O–H groups in total. The Morgan fingerprint density at radius 3 is 2.19 bits per heavy atom. The number of nitrogens with zero attached hydrogens (tertiary/aromatic N) is 1. The molecule has 0 spiro atoms. The Labute approximate surface area is 183 Å². The predicted molar refractivity (Wildman–Crippen MR) is 123 cm³/mol. The van der Waals surface area contributed by atoms with Crippen molar-refractivity contribution in [3.8, 4) is 0 Å². The number of aromatic nitrogens is 1. The van der Waals surface area contributed by atoms with Crippen molar-refractivity contribution in [2.75, 3.05) is 10.0 Å². The van der Waals surface area contributed by atoms with Crippen LogP contribution in [0.5, 0.6) is 0 Å². The van der Waals surface area contributed by atoms with Gasteiger partial charge in [0, 0.05) is 24.6 Å². The van der Waals surface area contributed by atoms with Crippen molar-refractivity contribution in [2.45, 2.75) is 38.1 Å². The summed E-state index contributed by atoms with van der Waals surface area (Å²) in [5.74, 6) is 0. The third-order valence-corrected chi connectivity index (χ3v) is 6.20. The minimum atomic E-state index is -3.76. The van der Waals surface area contributed by atoms with Crippen LogP contribution in [-0.4, -0.2) is 19.4 Å². The lowest BCUT2D eigenvalue weighted by Gasteiger charge is -2.16. The van der Waals surface area contributed by atoms with Crippen LogP contribution in [-0.2, 0) is 29.4 Å². The van der Waals surface area contributed by atoms with Crippen LogP contribution >= 0.6 is 0 Å². The Bertz CT molecular complexity index is 1110. The number of anilines is 2. The molecule has 3 rings (SSSR count). The molecule has 0 fully saturated rings. The number of amides is 2. The van der Waals surface area contributed by atoms with E-state index < -0.39 is 10.0 Å². The molecule has 1 heterocycles. The quantitative estimate of drug-likeness (QED) is 0.487. The Morgan fingerprint density at radius 1 is 0.935 bits per heavy atom. The lowest BCUT2D eigenvalue weighted by atomic mass is 10.0. The first-order valence-corrected chi connectivity index (χ1v) is 11.6. The summed E-state index contributed by atoms with van der Waals surface area (Å²) in [5, 5.41) is 5.42. The maximum absolute atomic E-state index is 12.9. The number of sulfonamides is 1. The normalized spacial score (nSPS) is 11.0. The van der Waals surface area contributed by atoms with Crippen LogP contribution in [0.1, 0.15) is 30.5 Å². The number of carbonyl (C=O) groups is 1. The molecule has 8 heteroatoms. The zero-order valence-corrected chi connectivity index (χ0v) is 18.4. The van der Waals surface area contributed by atoms with Crippen LogP contribution in [0.25, 0.3) is 0 Å². The number of rotatable bonds is 8. The molecule has 0 saturated heterocycles. The number of hydrogen-bond acceptors (Lipinski definition) is 4. The lowest BCUT2D eigenvalue weighted by molar-refractivity contribution is 0.251. The van der Waals surface area contributed by atoms with Gasteiger partial charge in [-0.05, 0) is 59.9 Å². The molecular formula is C23H26N4O3S. The number of para-hydroxylation sites is 1. The van der Waals surface area contributed by atoms with Gasteiger partial charge in [0.15, 0.2) is 0 Å². The van der Waals surface area contributed by atoms with Crippen molar-refractivity contribution in [3.63, 3.8) is 0 Å². The summed E-state index contributed by atoms with van der Waals surface area (Å²) < 4.78 is 28.6. The molecule has 2 amide bonds. The molecule has 0 bridgehead atoms. The molecule has 0 radical (unpaired) electrons. The van der Waals surface area contributed by atoms with Gasteiger partial charge in [-0.3, -0.25) is 9.71 Å². The summed E-state index contributed by atoms with van der Waals surface area (Å²) in [4.78, 5) is 16.2. The topological polar surface area (TPSA) is 100 Å². The van der Waals surface area contributed by atoms with Crippen LogP contribution in [0.2, 0.25) is 0 Å². The Balaban J connectivity index is 1.67. The second-order valence-corrected chi connectivity index (χ2v) is 8.64. The number of urea groups is 1. The summed E-state index contributed by atoms with van der Waals surface area (Å²) in [5.41, 5.74) is 3.91. The minimum Gasteiger partial charge on any atom is -0.334 e. The number of nitrogens with one attached hydrogen (secondary N) is 3. The fourth-order valence-electron chi connectivity index (χ4n) is 3.14. The SMILES string of the molecule is CCc1cccc(CC)c1NS(=O)(=O)c1ccc(NC(=O)NCc2cccnc2)cc1. The van der Waals surface area contributed by atoms with Gasteiger partial charge in [-0.25, -0.2) is 13.2 Å². The molecular weight excluding hydrogens is 412 g/mol. The summed E-state index contributed by atoms with van der Waals surface area (Å²) in [6.45, 7) is 4.32. The monoisotopic (exact) mass is 438 g/mol. The zero-order valence-electron chi connectivity index (χ0n) is 17.6. The fraction of sp³-hybridized carbons (Fsp3) is 0.217. The highest BCUT2D eigenvalue weighted by molar-refractivity contribution is 7.92. The number of hydrogen-bond donors (Lipinski definition) is 3. The summed E-state index contributed by atoms with van der Waals surface area (Å²) in [7, 11) is -3.76. The second-order valence-electron chi connectivity index (χ2n) is 6.96. The Hall–Kier alpha value is -3.39. The van der Waals surface area contributed by atoms with E-state index in [9.17, 15) is 13.2 Å². The van der Waals surface area contributed by atoms with Crippen LogP contribution in [0.15, 0.2) is 71.9 Å². The van der Waals surface area contributed by atoms with Crippen molar-refractivity contribution >= 4 is 27.4 Å². The van der Waals surface area contributed by atoms with Gasteiger partial charge in [0.05, 0.1) is 10.6 Å². The van der Waals surface area contributed by atoms with E-state index in [0.29, 0.717) is 17.9 Å². The van der Waals surface area contributed by atoms with Crippen LogP contribution in [0.4, 0.5) is 16.2 Å². The summed E-state index contributed by atoms with van der Waals surface area (Å²) in [6, 6.07) is 15.1. The van der Waals surface area contributed by atoms with Crippen molar-refractivity contribution < 1.29 is 13.2 Å². The van der Waals surface area contributed by atoms with Crippen molar-refractivity contribution in [3.05, 3.63) is 83.7 Å². The van der Waals surface area contributed by atoms with E-state index in [1.54, 1.807) is 30.6 Å². The van der Waals surface area contributed by atoms with Gasteiger partial charge < -0.3 is 10.6 Å². The molecule has 0 unspecified atom stereocenters. The highest BCUT2D eigenvalue weighted by Gasteiger charge is 2.18. The van der Waals surface area contributed by atoms with Crippen LogP contribution < -0.4 is 15.4 Å². The average molecular weight is 439 g/mol. The smallest absolute Gasteiger partial charge is 0.319 e. The molecule has 162 valence electrons. The molecule has 0 atom stereocenters. The molecule has 0 aliphatic heterocycles. The lowest BCUT2D eigenvalue weighted by Crippen LogP contribution is -2.28. The summed E-state index contributed by atoms with van der Waals surface area (Å²) >= 11 is 0. The largest absolute Gasteiger partial charge is 0.334 e. The van der Waals surface area contributed by atoms with Crippen molar-refractivity contribution in [2.24, 2.45) is 0 Å². The van der Waals surface area contributed by atoms with Gasteiger partial charge in [0.2, 0.25) is 0 Å². The van der Waals surface area contributed by atoms with Gasteiger partial charge in [0.25, 0.3) is 10.0 Å². The van der Waals surface area contributed by atoms with E-state index in [1.807, 2.05) is 38.1 Å². The first-order chi connectivity index (χ1) is 14.9. The Morgan fingerprint density at radius 2 is 1.61 bits per heavy atom. The van der Waals surface area contributed by atoms with Crippen LogP contribution in [0, 0.1) is 0 Å². The molecule has 2 aromatic carbocycles. The Kier molecular flexibility index (Phi) is 7.25. The molecule has 31 heavy (non-hydrogen) atoms. The fourth-order valence-corrected chi connectivity index (χ4v) is 4.29. The first kappa shape index (κ1) is 22.3. The maximum Gasteiger partial charge on any atom is 0.319 e. The minimum absolute atomic E-state index is 0.127. The number of aryl methyl sites for hydroxylation is 2. The van der Waals surface area contributed by atoms with E-state index in [2.05, 4.69) is 20.3 Å². The molecule has 0 saturated carbocycles. The third-order valence-electron chi connectivity index (χ3n) is 4.83. The van der Waals surface area contributed by atoms with E-state index in [-0.39, 0.29) is 10.9 Å². The average Bonchev–Trinajstić information content (AvgIpc) is 2.78. The molecule has 3 aromatic rings. The second kappa shape index (κ2) is 10.1. The van der Waals surface area contributed by atoms with E-state index >= 15 is 0 Å². The third kappa shape index (κ3) is 5.82. The molecule has 0 aliphatic carbocycles. The van der Waals surface area contributed by atoms with Crippen molar-refractivity contribution in [1.29, 1.82) is 0 Å². The maximum atomic E-state index is 12.9. The number of pyridine rings is 1. The molecule has 1 aromatic heterocycles. The standard InChI is InChI=1S/C23H26N4O3S/c1-3-18-8-5-9-19(4-2)22(18)27-31(29,30)21-12-10-20(11-13-21)26-23(28)25-16-17-7-6-14-24-15-17/h5-15,27H,3-4,16H2,1-2H3,(H2,25,26,28). The van der Waals surface area contributed by atoms with Crippen molar-refractivity contribution in [1.82, 2.24) is 10.3 Å². The van der Waals surface area contributed by atoms with Crippen LogP contribution in [0.3, 0.4) is 0 Å². The number of carbonyl (C=O) groups excluding carboxylic acids is 1. The molecule has 0 aliphatic rings. The van der Waals surface area contributed by atoms with Gasteiger partial charge in [-0.1, -0.05) is 38.1 Å². The highest BCUT2D eigenvalue weighted by atomic mass is 32.2. The van der Waals surface area contributed by atoms with Gasteiger partial charge in [-0.15, -0.1) is 0 Å². The van der Waals surface area contributed by atoms with E-state index in [0.717, 1.165) is 29.5 Å². The number of benzene rings is 2. The van der Waals surface area contributed by atoms with E-state index in [1.165, 1.54) is 12.1 Å². The summed E-state index contributed by atoms with van der Waals surface area (Å²) in [6.07, 6.45) is 4.79. The highest BCUT2D eigenvalue weighted by Crippen LogP contribution is 2.26. The van der Waals surface area contributed by atoms with Gasteiger partial charge >= 0.3 is 6.03 Å². The van der Waals surface area contributed by atoms with Gasteiger partial charge in [0.1, 0.15) is 0 Å². The van der Waals surface area contributed by atoms with E-state index in [4.69, 9.17) is 0 Å². The molecule has 7 nitrogen and oxygen atoms in total.